The van der Waals surface area contributed by atoms with Gasteiger partial charge >= 0.3 is 0 Å². The third kappa shape index (κ3) is 7.29. The highest BCUT2D eigenvalue weighted by Crippen LogP contribution is 2.20. The fourth-order valence-electron chi connectivity index (χ4n) is 4.46. The van der Waals surface area contributed by atoms with E-state index in [0.717, 1.165) is 47.2 Å². The maximum atomic E-state index is 13.4. The van der Waals surface area contributed by atoms with Gasteiger partial charge in [-0.3, -0.25) is 5.32 Å². The summed E-state index contributed by atoms with van der Waals surface area (Å²) >= 11 is 5.63. The number of rotatable bonds is 5. The van der Waals surface area contributed by atoms with Crippen molar-refractivity contribution in [2.75, 3.05) is 47.0 Å². The number of nitrogens with zero attached hydrogens (tertiary/aromatic N) is 5. The molecule has 0 radical (unpaired) electrons. The lowest BCUT2D eigenvalue weighted by atomic mass is 10.2. The zero-order valence-electron chi connectivity index (χ0n) is 22.4. The number of piperazine rings is 1. The molecule has 1 aliphatic rings. The normalized spacial score (nSPS) is 13.6. The Balaban J connectivity index is 1.29. The number of para-hydroxylation sites is 1. The Morgan fingerprint density at radius 1 is 0.775 bits per heavy atom. The summed E-state index contributed by atoms with van der Waals surface area (Å²) in [7, 11) is 0. The molecule has 1 aromatic heterocycles. The highest BCUT2D eigenvalue weighted by molar-refractivity contribution is 7.80. The van der Waals surface area contributed by atoms with E-state index >= 15 is 0 Å². The Morgan fingerprint density at radius 2 is 1.38 bits per heavy atom. The SMILES string of the molecule is Cc1cc(C)nc(N/C(=N/C(=S)Nc2ccc(Nc3ccccc3)cc2)N2CCN(c3ccc(F)cc3)CC2)n1. The molecule has 2 heterocycles. The molecule has 0 amide bonds. The smallest absolute Gasteiger partial charge is 0.229 e. The molecule has 40 heavy (non-hydrogen) atoms. The molecule has 1 fully saturated rings. The lowest BCUT2D eigenvalue weighted by Crippen LogP contribution is -2.51. The van der Waals surface area contributed by atoms with Crippen LogP contribution in [0, 0.1) is 19.7 Å². The van der Waals surface area contributed by atoms with Crippen LogP contribution in [0.2, 0.25) is 0 Å². The number of benzene rings is 3. The van der Waals surface area contributed by atoms with Crippen molar-refractivity contribution in [1.29, 1.82) is 0 Å². The summed E-state index contributed by atoms with van der Waals surface area (Å²) in [5.74, 6) is 0.803. The van der Waals surface area contributed by atoms with Crippen LogP contribution >= 0.6 is 12.2 Å². The number of aliphatic imine (C=N–C) groups is 1. The van der Waals surface area contributed by atoms with Gasteiger partial charge in [0.15, 0.2) is 0 Å². The molecule has 1 saturated heterocycles. The second kappa shape index (κ2) is 12.5. The van der Waals surface area contributed by atoms with E-state index in [-0.39, 0.29) is 5.82 Å². The maximum absolute atomic E-state index is 13.4. The summed E-state index contributed by atoms with van der Waals surface area (Å²) in [5, 5.41) is 10.2. The number of nitrogens with one attached hydrogen (secondary N) is 3. The summed E-state index contributed by atoms with van der Waals surface area (Å²) in [6, 6.07) is 26.4. The van der Waals surface area contributed by atoms with Crippen LogP contribution < -0.4 is 20.9 Å². The number of aryl methyl sites for hydroxylation is 2. The Bertz CT molecular complexity index is 1450. The number of aromatic nitrogens is 2. The maximum Gasteiger partial charge on any atom is 0.229 e. The first-order chi connectivity index (χ1) is 19.4. The average molecular weight is 555 g/mol. The van der Waals surface area contributed by atoms with Crippen LogP contribution in [0.15, 0.2) is 89.9 Å². The van der Waals surface area contributed by atoms with Crippen LogP contribution in [-0.2, 0) is 0 Å². The number of halogens is 1. The van der Waals surface area contributed by atoms with E-state index in [9.17, 15) is 4.39 Å². The van der Waals surface area contributed by atoms with Crippen molar-refractivity contribution < 1.29 is 4.39 Å². The molecule has 0 unspecified atom stereocenters. The van der Waals surface area contributed by atoms with E-state index in [2.05, 4.69) is 35.7 Å². The van der Waals surface area contributed by atoms with Crippen LogP contribution in [0.1, 0.15) is 11.4 Å². The molecule has 5 rings (SSSR count). The van der Waals surface area contributed by atoms with Crippen molar-refractivity contribution in [3.05, 3.63) is 102 Å². The summed E-state index contributed by atoms with van der Waals surface area (Å²) in [4.78, 5) is 18.1. The van der Waals surface area contributed by atoms with Crippen LogP contribution in [0.3, 0.4) is 0 Å². The topological polar surface area (TPSA) is 80.7 Å². The number of hydrogen-bond donors (Lipinski definition) is 3. The van der Waals surface area contributed by atoms with Gasteiger partial charge in [0.05, 0.1) is 0 Å². The quantitative estimate of drug-likeness (QED) is 0.158. The Labute approximate surface area is 239 Å². The van der Waals surface area contributed by atoms with Gasteiger partial charge in [0.25, 0.3) is 0 Å². The highest BCUT2D eigenvalue weighted by atomic mass is 32.1. The van der Waals surface area contributed by atoms with Gasteiger partial charge < -0.3 is 20.4 Å². The van der Waals surface area contributed by atoms with E-state index in [4.69, 9.17) is 17.2 Å². The van der Waals surface area contributed by atoms with Gasteiger partial charge in [0, 0.05) is 60.3 Å². The summed E-state index contributed by atoms with van der Waals surface area (Å²) in [6.07, 6.45) is 0. The predicted molar refractivity (Wildman–Crippen MR) is 165 cm³/mol. The molecule has 3 N–H and O–H groups in total. The minimum Gasteiger partial charge on any atom is -0.368 e. The second-order valence-electron chi connectivity index (χ2n) is 9.48. The van der Waals surface area contributed by atoms with Crippen molar-refractivity contribution in [2.45, 2.75) is 13.8 Å². The minimum absolute atomic E-state index is 0.238. The van der Waals surface area contributed by atoms with E-state index < -0.39 is 0 Å². The lowest BCUT2D eigenvalue weighted by molar-refractivity contribution is 0.385. The standard InChI is InChI=1S/C30H31FN8S/c1-21-20-22(2)33-28(32-21)36-29(39-18-16-38(17-19-39)27-14-8-23(31)9-15-27)37-30(40)35-26-12-10-25(11-13-26)34-24-6-4-3-5-7-24/h3-15,20,34H,16-19H2,1-2H3,(H2,32,33,35,36,37,40). The van der Waals surface area contributed by atoms with Crippen LogP contribution in [0.5, 0.6) is 0 Å². The molecule has 3 aromatic carbocycles. The van der Waals surface area contributed by atoms with E-state index in [0.29, 0.717) is 30.1 Å². The number of anilines is 5. The van der Waals surface area contributed by atoms with Crippen LogP contribution in [0.4, 0.5) is 33.1 Å². The van der Waals surface area contributed by atoms with E-state index in [1.54, 1.807) is 12.1 Å². The summed E-state index contributed by atoms with van der Waals surface area (Å²) in [6.45, 7) is 6.74. The minimum atomic E-state index is -0.238. The Kier molecular flexibility index (Phi) is 8.46. The van der Waals surface area contributed by atoms with Gasteiger partial charge in [-0.25, -0.2) is 14.4 Å². The summed E-state index contributed by atoms with van der Waals surface area (Å²) < 4.78 is 13.4. The molecule has 1 aliphatic heterocycles. The van der Waals surface area contributed by atoms with E-state index in [1.165, 1.54) is 12.1 Å². The third-order valence-corrected chi connectivity index (χ3v) is 6.58. The van der Waals surface area contributed by atoms with Crippen molar-refractivity contribution >= 4 is 52.0 Å². The molecule has 0 bridgehead atoms. The molecule has 10 heteroatoms. The molecule has 0 spiro atoms. The fraction of sp³-hybridized carbons (Fsp3) is 0.200. The molecule has 4 aromatic rings. The second-order valence-corrected chi connectivity index (χ2v) is 9.87. The van der Waals surface area contributed by atoms with Crippen molar-refractivity contribution in [3.8, 4) is 0 Å². The largest absolute Gasteiger partial charge is 0.368 e. The van der Waals surface area contributed by atoms with Gasteiger partial charge in [-0.1, -0.05) is 18.2 Å². The zero-order valence-corrected chi connectivity index (χ0v) is 23.3. The fourth-order valence-corrected chi connectivity index (χ4v) is 4.66. The molecule has 0 saturated carbocycles. The number of guanidine groups is 1. The van der Waals surface area contributed by atoms with Gasteiger partial charge in [-0.05, 0) is 92.8 Å². The van der Waals surface area contributed by atoms with Crippen molar-refractivity contribution in [2.24, 2.45) is 4.99 Å². The number of hydrogen-bond acceptors (Lipinski definition) is 5. The summed E-state index contributed by atoms with van der Waals surface area (Å²) in [5.41, 5.74) is 5.54. The zero-order chi connectivity index (χ0) is 27.9. The molecule has 0 aliphatic carbocycles. The van der Waals surface area contributed by atoms with Crippen LogP contribution in [-0.4, -0.2) is 52.1 Å². The van der Waals surface area contributed by atoms with E-state index in [1.807, 2.05) is 74.5 Å². The first-order valence-corrected chi connectivity index (χ1v) is 13.5. The molecular formula is C30H31FN8S. The van der Waals surface area contributed by atoms with Crippen LogP contribution in [0.25, 0.3) is 0 Å². The van der Waals surface area contributed by atoms with Gasteiger partial charge in [0.1, 0.15) is 5.82 Å². The Hall–Kier alpha value is -4.57. The first-order valence-electron chi connectivity index (χ1n) is 13.1. The first kappa shape index (κ1) is 27.0. The predicted octanol–water partition coefficient (Wildman–Crippen LogP) is 5.96. The third-order valence-electron chi connectivity index (χ3n) is 6.38. The van der Waals surface area contributed by atoms with Gasteiger partial charge in [0.2, 0.25) is 17.0 Å². The van der Waals surface area contributed by atoms with Gasteiger partial charge in [-0.15, -0.1) is 0 Å². The average Bonchev–Trinajstić information content (AvgIpc) is 2.94. The molecule has 0 atom stereocenters. The highest BCUT2D eigenvalue weighted by Gasteiger charge is 2.22. The molecular weight excluding hydrogens is 523 g/mol. The molecule has 8 nitrogen and oxygen atoms in total. The van der Waals surface area contributed by atoms with Gasteiger partial charge in [-0.2, -0.15) is 4.99 Å². The van der Waals surface area contributed by atoms with Crippen molar-refractivity contribution in [1.82, 2.24) is 14.9 Å². The lowest BCUT2D eigenvalue weighted by Gasteiger charge is -2.37. The van der Waals surface area contributed by atoms with Crippen molar-refractivity contribution in [3.63, 3.8) is 0 Å². The monoisotopic (exact) mass is 554 g/mol. The Morgan fingerprint density at radius 3 is 2.02 bits per heavy atom. The molecule has 204 valence electrons. The number of thiocarbonyl (C=S) groups is 1.